The summed E-state index contributed by atoms with van der Waals surface area (Å²) in [4.78, 5) is 30.8. The Morgan fingerprint density at radius 2 is 1.85 bits per heavy atom. The molecule has 0 aliphatic carbocycles. The van der Waals surface area contributed by atoms with Gasteiger partial charge in [0.25, 0.3) is 5.91 Å². The number of nitrogens with zero attached hydrogens (tertiary/aromatic N) is 1. The average Bonchev–Trinajstić information content (AvgIpc) is 3.03. The molecule has 0 spiro atoms. The molecule has 26 heavy (non-hydrogen) atoms. The van der Waals surface area contributed by atoms with Gasteiger partial charge in [-0.15, -0.1) is 0 Å². The second-order valence-electron chi connectivity index (χ2n) is 6.93. The highest BCUT2D eigenvalue weighted by Gasteiger charge is 2.20. The van der Waals surface area contributed by atoms with E-state index in [0.717, 1.165) is 11.3 Å². The van der Waals surface area contributed by atoms with Gasteiger partial charge in [0, 0.05) is 16.8 Å². The zero-order chi connectivity index (χ0) is 19.2. The van der Waals surface area contributed by atoms with Crippen LogP contribution in [0.1, 0.15) is 44.6 Å². The van der Waals surface area contributed by atoms with Gasteiger partial charge in [0.2, 0.25) is 6.41 Å². The number of carbonyl (C=O) groups excluding carboxylic acids is 2. The van der Waals surface area contributed by atoms with Crippen molar-refractivity contribution in [2.45, 2.75) is 33.1 Å². The molecule has 0 atom stereocenters. The standard InChI is InChI=1S/C20H24N4O2/c1-14(10-15-8-6-5-7-9-15)24-19(26)17(23-13-25)11-16-18(20(2,3)4)22-12-21-16/h5-13H,1-4H3,(H,21,22)(H,23,25)(H,24,26)/b14-10-,17-11-. The van der Waals surface area contributed by atoms with E-state index in [4.69, 9.17) is 0 Å². The number of amides is 2. The van der Waals surface area contributed by atoms with Gasteiger partial charge in [0.05, 0.1) is 12.0 Å². The molecule has 0 saturated carbocycles. The van der Waals surface area contributed by atoms with Crippen molar-refractivity contribution in [2.75, 3.05) is 0 Å². The Kier molecular flexibility index (Phi) is 6.11. The first-order valence-corrected chi connectivity index (χ1v) is 8.31. The third kappa shape index (κ3) is 5.17. The summed E-state index contributed by atoms with van der Waals surface area (Å²) < 4.78 is 0. The summed E-state index contributed by atoms with van der Waals surface area (Å²) in [6.07, 6.45) is 5.47. The van der Waals surface area contributed by atoms with Gasteiger partial charge in [0.15, 0.2) is 0 Å². The van der Waals surface area contributed by atoms with E-state index < -0.39 is 5.91 Å². The third-order valence-electron chi connectivity index (χ3n) is 3.65. The number of carbonyl (C=O) groups is 2. The SMILES string of the molecule is C/C(=C/c1ccccc1)NC(=O)/C(=C/c1nc[nH]c1C(C)(C)C)NC=O. The van der Waals surface area contributed by atoms with Crippen molar-refractivity contribution < 1.29 is 9.59 Å². The minimum atomic E-state index is -0.412. The van der Waals surface area contributed by atoms with Crippen LogP contribution in [0.2, 0.25) is 0 Å². The van der Waals surface area contributed by atoms with Gasteiger partial charge in [-0.05, 0) is 24.6 Å². The maximum atomic E-state index is 12.5. The van der Waals surface area contributed by atoms with E-state index >= 15 is 0 Å². The number of aromatic amines is 1. The number of rotatable bonds is 6. The zero-order valence-corrected chi connectivity index (χ0v) is 15.5. The lowest BCUT2D eigenvalue weighted by molar-refractivity contribution is -0.118. The van der Waals surface area contributed by atoms with Crippen molar-refractivity contribution in [3.8, 4) is 0 Å². The molecule has 0 aliphatic rings. The van der Waals surface area contributed by atoms with E-state index in [1.165, 1.54) is 0 Å². The van der Waals surface area contributed by atoms with E-state index in [1.54, 1.807) is 19.3 Å². The summed E-state index contributed by atoms with van der Waals surface area (Å²) in [6, 6.07) is 9.65. The normalized spacial score (nSPS) is 12.6. The number of hydrogen-bond donors (Lipinski definition) is 3. The van der Waals surface area contributed by atoms with Gasteiger partial charge in [0.1, 0.15) is 5.70 Å². The predicted octanol–water partition coefficient (Wildman–Crippen LogP) is 2.97. The van der Waals surface area contributed by atoms with Crippen LogP contribution >= 0.6 is 0 Å². The van der Waals surface area contributed by atoms with Crippen molar-refractivity contribution in [3.05, 3.63) is 65.0 Å². The topological polar surface area (TPSA) is 86.9 Å². The van der Waals surface area contributed by atoms with Crippen LogP contribution in [-0.4, -0.2) is 22.3 Å². The molecule has 1 heterocycles. The third-order valence-corrected chi connectivity index (χ3v) is 3.65. The fourth-order valence-corrected chi connectivity index (χ4v) is 2.47. The number of nitrogens with one attached hydrogen (secondary N) is 3. The van der Waals surface area contributed by atoms with E-state index in [9.17, 15) is 9.59 Å². The van der Waals surface area contributed by atoms with Crippen molar-refractivity contribution in [2.24, 2.45) is 0 Å². The maximum absolute atomic E-state index is 12.5. The fraction of sp³-hybridized carbons (Fsp3) is 0.250. The van der Waals surface area contributed by atoms with Gasteiger partial charge >= 0.3 is 0 Å². The molecule has 0 bridgehead atoms. The first-order chi connectivity index (χ1) is 12.3. The smallest absolute Gasteiger partial charge is 0.271 e. The Balaban J connectivity index is 2.24. The van der Waals surface area contributed by atoms with Gasteiger partial charge in [-0.1, -0.05) is 51.1 Å². The molecule has 1 aromatic carbocycles. The number of benzene rings is 1. The second kappa shape index (κ2) is 8.29. The lowest BCUT2D eigenvalue weighted by Crippen LogP contribution is -2.30. The summed E-state index contributed by atoms with van der Waals surface area (Å²) in [5.74, 6) is -0.412. The monoisotopic (exact) mass is 352 g/mol. The van der Waals surface area contributed by atoms with E-state index in [2.05, 4.69) is 20.6 Å². The summed E-state index contributed by atoms with van der Waals surface area (Å²) in [7, 11) is 0. The molecule has 1 aromatic heterocycles. The number of H-pyrrole nitrogens is 1. The molecule has 2 amide bonds. The van der Waals surface area contributed by atoms with Crippen LogP contribution in [0.4, 0.5) is 0 Å². The molecule has 2 rings (SSSR count). The predicted molar refractivity (Wildman–Crippen MR) is 103 cm³/mol. The first kappa shape index (κ1) is 19.2. The van der Waals surface area contributed by atoms with Gasteiger partial charge in [-0.2, -0.15) is 0 Å². The van der Waals surface area contributed by atoms with Crippen LogP contribution < -0.4 is 10.6 Å². The number of imidazole rings is 1. The molecule has 136 valence electrons. The van der Waals surface area contributed by atoms with Gasteiger partial charge < -0.3 is 15.6 Å². The van der Waals surface area contributed by atoms with E-state index in [0.29, 0.717) is 17.8 Å². The van der Waals surface area contributed by atoms with Gasteiger partial charge in [-0.25, -0.2) is 4.98 Å². The molecule has 6 heteroatoms. The van der Waals surface area contributed by atoms with E-state index in [-0.39, 0.29) is 11.1 Å². The molecule has 6 nitrogen and oxygen atoms in total. The highest BCUT2D eigenvalue weighted by atomic mass is 16.2. The molecule has 0 aliphatic heterocycles. The Morgan fingerprint density at radius 3 is 2.46 bits per heavy atom. The van der Waals surface area contributed by atoms with Crippen molar-refractivity contribution in [3.63, 3.8) is 0 Å². The Labute approximate surface area is 153 Å². The van der Waals surface area contributed by atoms with Gasteiger partial charge in [-0.3, -0.25) is 9.59 Å². The minimum Gasteiger partial charge on any atom is -0.348 e. The summed E-state index contributed by atoms with van der Waals surface area (Å²) in [5.41, 5.74) is 3.08. The number of allylic oxidation sites excluding steroid dienone is 1. The molecule has 3 N–H and O–H groups in total. The summed E-state index contributed by atoms with van der Waals surface area (Å²) >= 11 is 0. The van der Waals surface area contributed by atoms with Crippen LogP contribution in [0.5, 0.6) is 0 Å². The Morgan fingerprint density at radius 1 is 1.15 bits per heavy atom. The highest BCUT2D eigenvalue weighted by Crippen LogP contribution is 2.24. The van der Waals surface area contributed by atoms with E-state index in [1.807, 2.05) is 57.2 Å². The van der Waals surface area contributed by atoms with Crippen molar-refractivity contribution in [1.29, 1.82) is 0 Å². The maximum Gasteiger partial charge on any atom is 0.271 e. The second-order valence-corrected chi connectivity index (χ2v) is 6.93. The van der Waals surface area contributed by atoms with Crippen molar-refractivity contribution in [1.82, 2.24) is 20.6 Å². The Hall–Kier alpha value is -3.15. The van der Waals surface area contributed by atoms with Crippen LogP contribution in [0, 0.1) is 0 Å². The zero-order valence-electron chi connectivity index (χ0n) is 15.5. The molecule has 0 radical (unpaired) electrons. The van der Waals surface area contributed by atoms with Crippen molar-refractivity contribution >= 4 is 24.5 Å². The van der Waals surface area contributed by atoms with Crippen LogP contribution in [0.15, 0.2) is 48.1 Å². The first-order valence-electron chi connectivity index (χ1n) is 8.31. The molecular weight excluding hydrogens is 328 g/mol. The lowest BCUT2D eigenvalue weighted by atomic mass is 9.90. The highest BCUT2D eigenvalue weighted by molar-refractivity contribution is 6.00. The molecule has 0 saturated heterocycles. The summed E-state index contributed by atoms with van der Waals surface area (Å²) in [5, 5.41) is 5.23. The quantitative estimate of drug-likeness (QED) is 0.552. The molecule has 2 aromatic rings. The largest absolute Gasteiger partial charge is 0.348 e. The molecular formula is C20H24N4O2. The average molecular weight is 352 g/mol. The van der Waals surface area contributed by atoms with Crippen LogP contribution in [-0.2, 0) is 15.0 Å². The number of aromatic nitrogens is 2. The summed E-state index contributed by atoms with van der Waals surface area (Å²) in [6.45, 7) is 7.91. The Bertz CT molecular complexity index is 827. The minimum absolute atomic E-state index is 0.124. The van der Waals surface area contributed by atoms with Crippen LogP contribution in [0.3, 0.4) is 0 Å². The molecule has 0 unspecified atom stereocenters. The fourth-order valence-electron chi connectivity index (χ4n) is 2.47. The lowest BCUT2D eigenvalue weighted by Gasteiger charge is -2.17. The molecule has 0 fully saturated rings. The number of hydrogen-bond acceptors (Lipinski definition) is 3. The van der Waals surface area contributed by atoms with Crippen LogP contribution in [0.25, 0.3) is 12.2 Å².